The summed E-state index contributed by atoms with van der Waals surface area (Å²) in [6.07, 6.45) is 0. The van der Waals surface area contributed by atoms with Crippen molar-refractivity contribution in [1.29, 1.82) is 0 Å². The van der Waals surface area contributed by atoms with Gasteiger partial charge >= 0.3 is 31.1 Å². The topological polar surface area (TPSA) is 80.3 Å². The van der Waals surface area contributed by atoms with Crippen LogP contribution in [0.2, 0.25) is 0 Å². The molecule has 0 aliphatic carbocycles. The van der Waals surface area contributed by atoms with E-state index in [1.165, 1.54) is 10.6 Å². The number of sulfonamides is 2. The molecule has 2 aromatic rings. The number of alkyl halides is 6. The van der Waals surface area contributed by atoms with Crippen LogP contribution in [0.3, 0.4) is 0 Å². The molecule has 0 bridgehead atoms. The van der Waals surface area contributed by atoms with Crippen LogP contribution in [-0.4, -0.2) is 27.9 Å². The Balaban J connectivity index is 0.000000281. The third kappa shape index (κ3) is 7.38. The van der Waals surface area contributed by atoms with Crippen molar-refractivity contribution in [3.63, 3.8) is 0 Å². The Kier molecular flexibility index (Phi) is 8.00. The van der Waals surface area contributed by atoms with E-state index in [9.17, 15) is 43.2 Å². The predicted molar refractivity (Wildman–Crippen MR) is 93.6 cm³/mol. The van der Waals surface area contributed by atoms with Gasteiger partial charge in [0.05, 0.1) is 0 Å². The van der Waals surface area contributed by atoms with Crippen LogP contribution in [0.25, 0.3) is 0 Å². The van der Waals surface area contributed by atoms with Crippen molar-refractivity contribution in [2.75, 3.05) is 0 Å². The molecule has 0 heterocycles. The first-order valence-corrected chi connectivity index (χ1v) is 10.9. The molecule has 5 nitrogen and oxygen atoms in total. The summed E-state index contributed by atoms with van der Waals surface area (Å²) in [5, 5.41) is 2.79. The summed E-state index contributed by atoms with van der Waals surface area (Å²) in [5.41, 5.74) is -12.3. The van der Waals surface area contributed by atoms with Gasteiger partial charge in [-0.15, -0.1) is 0 Å². The Morgan fingerprint density at radius 3 is 1.14 bits per heavy atom. The van der Waals surface area contributed by atoms with Crippen molar-refractivity contribution in [3.05, 3.63) is 60.7 Å². The maximum Gasteiger partial charge on any atom is 0.512 e. The van der Waals surface area contributed by atoms with Gasteiger partial charge in [0.1, 0.15) is 0 Å². The summed E-state index contributed by atoms with van der Waals surface area (Å²) in [6, 6.07) is 21.2. The van der Waals surface area contributed by atoms with Gasteiger partial charge in [0.25, 0.3) is 0 Å². The molecule has 0 aliphatic heterocycles. The maximum absolute atomic E-state index is 11.5. The molecule has 0 amide bonds. The standard InChI is InChI=1S/C12H11P.C2HF6NO4S2/c1-3-7-11(8-4-1)13-12-9-5-2-6-10-12;3-1(4,5)14(10,11)9-15(12,13)2(6,7)8/h1-10,13H;9H. The second-order valence-corrected chi connectivity index (χ2v) is 9.85. The van der Waals surface area contributed by atoms with Gasteiger partial charge in [-0.2, -0.15) is 26.3 Å². The van der Waals surface area contributed by atoms with E-state index in [4.69, 9.17) is 0 Å². The molecular weight excluding hydrogens is 455 g/mol. The number of rotatable bonds is 4. The highest BCUT2D eigenvalue weighted by Crippen LogP contribution is 2.27. The Labute approximate surface area is 158 Å². The molecule has 0 unspecified atom stereocenters. The lowest BCUT2D eigenvalue weighted by Gasteiger charge is -2.11. The largest absolute Gasteiger partial charge is 0.512 e. The lowest BCUT2D eigenvalue weighted by molar-refractivity contribution is -0.0476. The molecule has 14 heteroatoms. The second kappa shape index (κ2) is 9.21. The van der Waals surface area contributed by atoms with E-state index in [1.54, 1.807) is 0 Å². The zero-order chi connectivity index (χ0) is 21.6. The Hall–Kier alpha value is -1.69. The fourth-order valence-corrected chi connectivity index (χ4v) is 4.41. The first-order chi connectivity index (χ1) is 12.7. The van der Waals surface area contributed by atoms with Gasteiger partial charge in [-0.1, -0.05) is 73.4 Å². The van der Waals surface area contributed by atoms with Crippen LogP contribution in [0.1, 0.15) is 0 Å². The van der Waals surface area contributed by atoms with Gasteiger partial charge in [-0.25, -0.2) is 16.8 Å². The smallest absolute Gasteiger partial charge is 0.202 e. The van der Waals surface area contributed by atoms with Crippen LogP contribution in [-0.2, 0) is 20.0 Å². The highest BCUT2D eigenvalue weighted by atomic mass is 32.3. The highest BCUT2D eigenvalue weighted by molar-refractivity contribution is 8.05. The Morgan fingerprint density at radius 1 is 0.607 bits per heavy atom. The molecular formula is C14H12F6NO4PS2. The van der Waals surface area contributed by atoms with Gasteiger partial charge in [0.15, 0.2) is 0 Å². The van der Waals surface area contributed by atoms with E-state index in [-0.39, 0.29) is 0 Å². The summed E-state index contributed by atoms with van der Waals surface area (Å²) in [4.78, 5) is 0. The first-order valence-electron chi connectivity index (χ1n) is 6.94. The Bertz CT molecular complexity index is 883. The quantitative estimate of drug-likeness (QED) is 0.554. The fraction of sp³-hybridized carbons (Fsp3) is 0.143. The molecule has 0 atom stereocenters. The molecule has 2 aromatic carbocycles. The van der Waals surface area contributed by atoms with Crippen molar-refractivity contribution in [3.8, 4) is 0 Å². The molecule has 1 N–H and O–H groups in total. The molecule has 28 heavy (non-hydrogen) atoms. The predicted octanol–water partition coefficient (Wildman–Crippen LogP) is 2.59. The lowest BCUT2D eigenvalue weighted by Crippen LogP contribution is -2.45. The minimum Gasteiger partial charge on any atom is -0.202 e. The van der Waals surface area contributed by atoms with Crippen molar-refractivity contribution in [1.82, 2.24) is 4.13 Å². The number of halogens is 6. The average Bonchev–Trinajstić information content (AvgIpc) is 2.54. The summed E-state index contributed by atoms with van der Waals surface area (Å²) >= 11 is 0. The van der Waals surface area contributed by atoms with Crippen molar-refractivity contribution in [2.24, 2.45) is 0 Å². The van der Waals surface area contributed by atoms with Crippen LogP contribution in [0.4, 0.5) is 26.3 Å². The molecule has 0 radical (unpaired) electrons. The first kappa shape index (κ1) is 24.3. The molecule has 0 fully saturated rings. The van der Waals surface area contributed by atoms with Crippen LogP contribution in [0.15, 0.2) is 60.7 Å². The van der Waals surface area contributed by atoms with Crippen LogP contribution in [0.5, 0.6) is 0 Å². The minimum absolute atomic E-state index is 0.493. The monoisotopic (exact) mass is 467 g/mol. The zero-order valence-corrected chi connectivity index (χ0v) is 16.1. The average molecular weight is 467 g/mol. The highest BCUT2D eigenvalue weighted by Gasteiger charge is 2.55. The molecule has 0 spiro atoms. The normalized spacial score (nSPS) is 12.8. The van der Waals surface area contributed by atoms with Gasteiger partial charge in [-0.05, 0) is 10.6 Å². The van der Waals surface area contributed by atoms with E-state index < -0.39 is 35.2 Å². The summed E-state index contributed by atoms with van der Waals surface area (Å²) < 4.78 is 108. The van der Waals surface area contributed by atoms with Gasteiger partial charge in [0.2, 0.25) is 0 Å². The Morgan fingerprint density at radius 2 is 0.893 bits per heavy atom. The van der Waals surface area contributed by atoms with Crippen LogP contribution < -0.4 is 14.7 Å². The third-order valence-corrected chi connectivity index (χ3v) is 6.88. The molecule has 0 saturated carbocycles. The van der Waals surface area contributed by atoms with Gasteiger partial charge in [-0.3, -0.25) is 0 Å². The minimum atomic E-state index is -6.60. The number of hydrogen-bond donors (Lipinski definition) is 1. The van der Waals surface area contributed by atoms with Gasteiger partial charge in [0, 0.05) is 0 Å². The van der Waals surface area contributed by atoms with Crippen LogP contribution in [0, 0.1) is 0 Å². The SMILES string of the molecule is O=S(=O)(NS(=O)(=O)C(F)(F)F)C(F)(F)F.c1ccc(Pc2ccccc2)cc1. The molecule has 156 valence electrons. The van der Waals surface area contributed by atoms with Crippen LogP contribution >= 0.6 is 8.58 Å². The third-order valence-electron chi connectivity index (χ3n) is 2.67. The van der Waals surface area contributed by atoms with Crippen molar-refractivity contribution in [2.45, 2.75) is 11.0 Å². The number of hydrogen-bond acceptors (Lipinski definition) is 4. The molecule has 0 aromatic heterocycles. The van der Waals surface area contributed by atoms with E-state index in [1.807, 2.05) is 0 Å². The summed E-state index contributed by atoms with van der Waals surface area (Å²) in [6.45, 7) is 0. The number of nitrogens with one attached hydrogen (secondary N) is 1. The van der Waals surface area contributed by atoms with E-state index in [2.05, 4.69) is 60.7 Å². The van der Waals surface area contributed by atoms with Crippen molar-refractivity contribution >= 4 is 39.2 Å². The second-order valence-electron chi connectivity index (χ2n) is 4.84. The molecule has 2 rings (SSSR count). The van der Waals surface area contributed by atoms with Gasteiger partial charge < -0.3 is 0 Å². The zero-order valence-electron chi connectivity index (χ0n) is 13.5. The number of benzene rings is 2. The van der Waals surface area contributed by atoms with E-state index in [0.717, 1.165) is 8.58 Å². The molecule has 0 saturated heterocycles. The lowest BCUT2D eigenvalue weighted by atomic mass is 10.4. The van der Waals surface area contributed by atoms with Crippen molar-refractivity contribution < 1.29 is 43.2 Å². The molecule has 0 aliphatic rings. The van der Waals surface area contributed by atoms with E-state index in [0.29, 0.717) is 0 Å². The summed E-state index contributed by atoms with van der Waals surface area (Å²) in [5.74, 6) is 0. The summed E-state index contributed by atoms with van der Waals surface area (Å²) in [7, 11) is -12.4. The van der Waals surface area contributed by atoms with E-state index >= 15 is 0 Å². The fourth-order valence-electron chi connectivity index (χ4n) is 1.45. The maximum atomic E-state index is 11.5.